The van der Waals surface area contributed by atoms with E-state index in [1.54, 1.807) is 42.5 Å². The highest BCUT2D eigenvalue weighted by Crippen LogP contribution is 2.27. The van der Waals surface area contributed by atoms with Crippen molar-refractivity contribution in [1.82, 2.24) is 0 Å². The Morgan fingerprint density at radius 3 is 2.04 bits per heavy atom. The van der Waals surface area contributed by atoms with Crippen LogP contribution in [-0.2, 0) is 25.5 Å². The molecule has 0 atom stereocenters. The first kappa shape index (κ1) is 20.8. The number of methoxy groups -OCH3 is 2. The van der Waals surface area contributed by atoms with Crippen molar-refractivity contribution in [2.45, 2.75) is 13.3 Å². The molecule has 2 aromatic rings. The number of carbonyl (C=O) groups is 3. The summed E-state index contributed by atoms with van der Waals surface area (Å²) in [5.74, 6) is -0.119. The van der Waals surface area contributed by atoms with Gasteiger partial charge in [0.2, 0.25) is 5.91 Å². The molecule has 0 saturated heterocycles. The fourth-order valence-electron chi connectivity index (χ4n) is 2.39. The molecule has 2 amide bonds. The Balaban J connectivity index is 1.82. The van der Waals surface area contributed by atoms with Crippen molar-refractivity contribution >= 4 is 29.2 Å². The number of hydrogen-bond acceptors (Lipinski definition) is 6. The number of ether oxygens (including phenoxy) is 3. The van der Waals surface area contributed by atoms with Gasteiger partial charge in [0.1, 0.15) is 0 Å². The molecule has 0 spiro atoms. The summed E-state index contributed by atoms with van der Waals surface area (Å²) in [6.45, 7) is 1.01. The first-order valence-electron chi connectivity index (χ1n) is 8.45. The van der Waals surface area contributed by atoms with Crippen LogP contribution in [0.4, 0.5) is 11.4 Å². The average molecular weight is 386 g/mol. The van der Waals surface area contributed by atoms with Crippen molar-refractivity contribution in [2.75, 3.05) is 31.5 Å². The average Bonchev–Trinajstić information content (AvgIpc) is 2.67. The van der Waals surface area contributed by atoms with E-state index in [9.17, 15) is 14.4 Å². The zero-order valence-corrected chi connectivity index (χ0v) is 15.9. The summed E-state index contributed by atoms with van der Waals surface area (Å²) >= 11 is 0. The first-order chi connectivity index (χ1) is 13.4. The number of rotatable bonds is 8. The molecule has 0 aliphatic rings. The molecule has 8 nitrogen and oxygen atoms in total. The highest BCUT2D eigenvalue weighted by molar-refractivity contribution is 5.93. The standard InChI is InChI=1S/C20H22N2O6/c1-13(23)21-15-5-7-16(8-6-15)22-19(24)12-28-20(25)11-14-4-9-17(26-2)18(10-14)27-3/h4-10H,11-12H2,1-3H3,(H,21,23)(H,22,24). The summed E-state index contributed by atoms with van der Waals surface area (Å²) in [6, 6.07) is 11.7. The Bertz CT molecular complexity index is 848. The molecule has 0 heterocycles. The van der Waals surface area contributed by atoms with Gasteiger partial charge in [-0.25, -0.2) is 0 Å². The number of nitrogens with one attached hydrogen (secondary N) is 2. The van der Waals surface area contributed by atoms with Crippen molar-refractivity contribution in [2.24, 2.45) is 0 Å². The Morgan fingerprint density at radius 1 is 0.857 bits per heavy atom. The van der Waals surface area contributed by atoms with Crippen molar-refractivity contribution in [3.8, 4) is 11.5 Å². The van der Waals surface area contributed by atoms with Crippen LogP contribution in [0, 0.1) is 0 Å². The first-order valence-corrected chi connectivity index (χ1v) is 8.45. The highest BCUT2D eigenvalue weighted by atomic mass is 16.5. The quantitative estimate of drug-likeness (QED) is 0.676. The second kappa shape index (κ2) is 9.96. The molecular formula is C20H22N2O6. The molecule has 0 aromatic heterocycles. The van der Waals surface area contributed by atoms with Gasteiger partial charge < -0.3 is 24.8 Å². The number of anilines is 2. The van der Waals surface area contributed by atoms with E-state index >= 15 is 0 Å². The van der Waals surface area contributed by atoms with Gasteiger partial charge in [-0.2, -0.15) is 0 Å². The lowest BCUT2D eigenvalue weighted by atomic mass is 10.1. The molecule has 0 aliphatic carbocycles. The Kier molecular flexibility index (Phi) is 7.38. The van der Waals surface area contributed by atoms with Gasteiger partial charge in [0.15, 0.2) is 18.1 Å². The summed E-state index contributed by atoms with van der Waals surface area (Å²) in [5.41, 5.74) is 1.82. The smallest absolute Gasteiger partial charge is 0.310 e. The second-order valence-corrected chi connectivity index (χ2v) is 5.83. The number of amides is 2. The van der Waals surface area contributed by atoms with E-state index in [1.807, 2.05) is 0 Å². The summed E-state index contributed by atoms with van der Waals surface area (Å²) < 4.78 is 15.3. The van der Waals surface area contributed by atoms with E-state index in [-0.39, 0.29) is 12.3 Å². The van der Waals surface area contributed by atoms with E-state index in [1.165, 1.54) is 21.1 Å². The van der Waals surface area contributed by atoms with Crippen LogP contribution in [0.25, 0.3) is 0 Å². The Morgan fingerprint density at radius 2 is 1.46 bits per heavy atom. The largest absolute Gasteiger partial charge is 0.493 e. The van der Waals surface area contributed by atoms with Gasteiger partial charge in [-0.05, 0) is 42.0 Å². The maximum absolute atomic E-state index is 12.0. The molecule has 148 valence electrons. The minimum Gasteiger partial charge on any atom is -0.493 e. The lowest BCUT2D eigenvalue weighted by Crippen LogP contribution is -2.21. The summed E-state index contributed by atoms with van der Waals surface area (Å²) in [6.07, 6.45) is -0.000945. The lowest BCUT2D eigenvalue weighted by molar-refractivity contribution is -0.146. The van der Waals surface area contributed by atoms with Crippen molar-refractivity contribution < 1.29 is 28.6 Å². The number of carbonyl (C=O) groups excluding carboxylic acids is 3. The van der Waals surface area contributed by atoms with Gasteiger partial charge in [-0.15, -0.1) is 0 Å². The van der Waals surface area contributed by atoms with E-state index in [0.29, 0.717) is 28.4 Å². The van der Waals surface area contributed by atoms with Crippen LogP contribution in [0.2, 0.25) is 0 Å². The summed E-state index contributed by atoms with van der Waals surface area (Å²) in [7, 11) is 3.03. The molecule has 0 unspecified atom stereocenters. The highest BCUT2D eigenvalue weighted by Gasteiger charge is 2.11. The van der Waals surface area contributed by atoms with Crippen molar-refractivity contribution in [1.29, 1.82) is 0 Å². The van der Waals surface area contributed by atoms with Gasteiger partial charge in [0.05, 0.1) is 20.6 Å². The summed E-state index contributed by atoms with van der Waals surface area (Å²) in [5, 5.41) is 5.24. The van der Waals surface area contributed by atoms with E-state index in [4.69, 9.17) is 14.2 Å². The van der Waals surface area contributed by atoms with Crippen molar-refractivity contribution in [3.05, 3.63) is 48.0 Å². The maximum atomic E-state index is 12.0. The predicted octanol–water partition coefficient (Wildman–Crippen LogP) is 2.39. The van der Waals surface area contributed by atoms with Gasteiger partial charge >= 0.3 is 5.97 Å². The monoisotopic (exact) mass is 386 g/mol. The molecule has 0 bridgehead atoms. The maximum Gasteiger partial charge on any atom is 0.310 e. The molecule has 0 aliphatic heterocycles. The van der Waals surface area contributed by atoms with Crippen LogP contribution in [0.15, 0.2) is 42.5 Å². The van der Waals surface area contributed by atoms with Crippen LogP contribution in [0.3, 0.4) is 0 Å². The summed E-state index contributed by atoms with van der Waals surface area (Å²) in [4.78, 5) is 34.9. The third kappa shape index (κ3) is 6.31. The van der Waals surface area contributed by atoms with E-state index in [0.717, 1.165) is 0 Å². The third-order valence-electron chi connectivity index (χ3n) is 3.65. The molecule has 2 aromatic carbocycles. The zero-order chi connectivity index (χ0) is 20.5. The van der Waals surface area contributed by atoms with Crippen LogP contribution in [0.5, 0.6) is 11.5 Å². The Labute approximate surface area is 162 Å². The topological polar surface area (TPSA) is 103 Å². The molecule has 2 N–H and O–H groups in total. The predicted molar refractivity (Wildman–Crippen MR) is 104 cm³/mol. The molecule has 0 fully saturated rings. The zero-order valence-electron chi connectivity index (χ0n) is 15.9. The van der Waals surface area contributed by atoms with Crippen molar-refractivity contribution in [3.63, 3.8) is 0 Å². The molecular weight excluding hydrogens is 364 g/mol. The molecule has 8 heteroatoms. The number of benzene rings is 2. The second-order valence-electron chi connectivity index (χ2n) is 5.83. The normalized spacial score (nSPS) is 9.96. The van der Waals surface area contributed by atoms with Crippen LogP contribution in [-0.4, -0.2) is 38.6 Å². The van der Waals surface area contributed by atoms with Gasteiger partial charge in [0, 0.05) is 18.3 Å². The molecule has 28 heavy (non-hydrogen) atoms. The van der Waals surface area contributed by atoms with Gasteiger partial charge in [-0.3, -0.25) is 14.4 Å². The number of hydrogen-bond donors (Lipinski definition) is 2. The van der Waals surface area contributed by atoms with E-state index in [2.05, 4.69) is 10.6 Å². The van der Waals surface area contributed by atoms with Gasteiger partial charge in [-0.1, -0.05) is 6.07 Å². The molecule has 0 saturated carbocycles. The molecule has 2 rings (SSSR count). The minimum atomic E-state index is -0.539. The Hall–Kier alpha value is -3.55. The van der Waals surface area contributed by atoms with Gasteiger partial charge in [0.25, 0.3) is 5.91 Å². The molecule has 0 radical (unpaired) electrons. The van der Waals surface area contributed by atoms with Crippen LogP contribution >= 0.6 is 0 Å². The van der Waals surface area contributed by atoms with E-state index < -0.39 is 18.5 Å². The minimum absolute atomic E-state index is 0.000945. The fourth-order valence-corrected chi connectivity index (χ4v) is 2.39. The van der Waals surface area contributed by atoms with Crippen LogP contribution in [0.1, 0.15) is 12.5 Å². The SMILES string of the molecule is COc1ccc(CC(=O)OCC(=O)Nc2ccc(NC(C)=O)cc2)cc1OC. The number of esters is 1. The lowest BCUT2D eigenvalue weighted by Gasteiger charge is -2.10. The van der Waals surface area contributed by atoms with Crippen LogP contribution < -0.4 is 20.1 Å². The fraction of sp³-hybridized carbons (Fsp3) is 0.250. The third-order valence-corrected chi connectivity index (χ3v) is 3.65.